The Bertz CT molecular complexity index is 688. The van der Waals surface area contributed by atoms with Crippen LogP contribution in [-0.2, 0) is 16.1 Å². The van der Waals surface area contributed by atoms with Crippen LogP contribution in [0.1, 0.15) is 65.4 Å². The summed E-state index contributed by atoms with van der Waals surface area (Å²) in [5.74, 6) is 0.453. The van der Waals surface area contributed by atoms with Gasteiger partial charge in [-0.25, -0.2) is 0 Å². The Labute approximate surface area is 170 Å². The van der Waals surface area contributed by atoms with Crippen LogP contribution in [0.15, 0.2) is 18.2 Å². The molecule has 0 heterocycles. The Kier molecular flexibility index (Phi) is 7.50. The lowest BCUT2D eigenvalue weighted by molar-refractivity contribution is -0.133. The molecule has 156 valence electrons. The van der Waals surface area contributed by atoms with E-state index in [0.717, 1.165) is 49.2 Å². The van der Waals surface area contributed by atoms with E-state index in [4.69, 9.17) is 0 Å². The molecule has 0 unspecified atom stereocenters. The molecule has 1 fully saturated rings. The highest BCUT2D eigenvalue weighted by atomic mass is 16.2. The van der Waals surface area contributed by atoms with Crippen LogP contribution in [0.4, 0.5) is 11.4 Å². The third-order valence-electron chi connectivity index (χ3n) is 5.19. The van der Waals surface area contributed by atoms with Crippen molar-refractivity contribution in [1.82, 2.24) is 4.90 Å². The number of amides is 2. The smallest absolute Gasteiger partial charge is 0.227 e. The zero-order valence-corrected chi connectivity index (χ0v) is 18.5. The van der Waals surface area contributed by atoms with Crippen molar-refractivity contribution in [2.24, 2.45) is 11.3 Å². The van der Waals surface area contributed by atoms with Crippen LogP contribution in [0, 0.1) is 11.3 Å². The minimum Gasteiger partial charge on any atom is -0.377 e. The number of nitrogens with one attached hydrogen (secondary N) is 1. The molecule has 2 rings (SSSR count). The molecule has 0 aliphatic heterocycles. The lowest BCUT2D eigenvalue weighted by atomic mass is 9.85. The van der Waals surface area contributed by atoms with Crippen LogP contribution in [0.25, 0.3) is 0 Å². The molecule has 0 spiro atoms. The van der Waals surface area contributed by atoms with E-state index in [1.165, 1.54) is 0 Å². The van der Waals surface area contributed by atoms with Crippen molar-refractivity contribution >= 4 is 23.2 Å². The van der Waals surface area contributed by atoms with Crippen molar-refractivity contribution in [3.8, 4) is 0 Å². The van der Waals surface area contributed by atoms with Gasteiger partial charge in [0.1, 0.15) is 0 Å². The van der Waals surface area contributed by atoms with E-state index in [0.29, 0.717) is 13.0 Å². The summed E-state index contributed by atoms with van der Waals surface area (Å²) in [6.45, 7) is 9.67. The van der Waals surface area contributed by atoms with Gasteiger partial charge in [0.25, 0.3) is 0 Å². The first-order chi connectivity index (χ1) is 13.1. The third kappa shape index (κ3) is 6.25. The van der Waals surface area contributed by atoms with Gasteiger partial charge in [0.15, 0.2) is 0 Å². The number of rotatable bonds is 8. The van der Waals surface area contributed by atoms with Gasteiger partial charge < -0.3 is 15.1 Å². The number of carbonyl (C=O) groups is 2. The minimum atomic E-state index is -0.0357. The Morgan fingerprint density at radius 2 is 1.86 bits per heavy atom. The quantitative estimate of drug-likeness (QED) is 0.705. The maximum Gasteiger partial charge on any atom is 0.227 e. The molecule has 0 atom stereocenters. The van der Waals surface area contributed by atoms with Crippen LogP contribution in [0.2, 0.25) is 0 Å². The highest BCUT2D eigenvalue weighted by Gasteiger charge is 2.26. The SMILES string of the molecule is CCCN(Cc1cc(NC(=O)C2CCC2)ccc1N(C)C)C(=O)CC(C)(C)C. The third-order valence-corrected chi connectivity index (χ3v) is 5.19. The highest BCUT2D eigenvalue weighted by molar-refractivity contribution is 5.93. The van der Waals surface area contributed by atoms with Crippen molar-refractivity contribution in [2.45, 2.75) is 66.3 Å². The van der Waals surface area contributed by atoms with Crippen molar-refractivity contribution < 1.29 is 9.59 Å². The van der Waals surface area contributed by atoms with Gasteiger partial charge in [-0.05, 0) is 48.4 Å². The van der Waals surface area contributed by atoms with Gasteiger partial charge in [-0.2, -0.15) is 0 Å². The molecule has 0 radical (unpaired) electrons. The first kappa shape index (κ1) is 22.3. The summed E-state index contributed by atoms with van der Waals surface area (Å²) in [7, 11) is 4.01. The molecule has 0 bridgehead atoms. The minimum absolute atomic E-state index is 0.0357. The van der Waals surface area contributed by atoms with E-state index in [2.05, 4.69) is 37.9 Å². The number of carbonyl (C=O) groups excluding carboxylic acids is 2. The average molecular weight is 388 g/mol. The molecule has 1 aliphatic carbocycles. The van der Waals surface area contributed by atoms with E-state index in [-0.39, 0.29) is 23.1 Å². The maximum atomic E-state index is 12.9. The van der Waals surface area contributed by atoms with E-state index < -0.39 is 0 Å². The lowest BCUT2D eigenvalue weighted by Crippen LogP contribution is -2.34. The summed E-state index contributed by atoms with van der Waals surface area (Å²) >= 11 is 0. The van der Waals surface area contributed by atoms with E-state index in [9.17, 15) is 9.59 Å². The van der Waals surface area contributed by atoms with Crippen LogP contribution < -0.4 is 10.2 Å². The molecule has 1 aromatic carbocycles. The number of anilines is 2. The molecule has 1 aliphatic rings. The fraction of sp³-hybridized carbons (Fsp3) is 0.652. The topological polar surface area (TPSA) is 52.7 Å². The molecule has 5 nitrogen and oxygen atoms in total. The Morgan fingerprint density at radius 3 is 2.36 bits per heavy atom. The van der Waals surface area contributed by atoms with Gasteiger partial charge in [-0.3, -0.25) is 9.59 Å². The first-order valence-corrected chi connectivity index (χ1v) is 10.5. The van der Waals surface area contributed by atoms with Crippen LogP contribution in [0.5, 0.6) is 0 Å². The second-order valence-corrected chi connectivity index (χ2v) is 9.41. The molecule has 0 aromatic heterocycles. The lowest BCUT2D eigenvalue weighted by Gasteiger charge is -2.29. The molecule has 28 heavy (non-hydrogen) atoms. The van der Waals surface area contributed by atoms with Crippen LogP contribution in [-0.4, -0.2) is 37.4 Å². The van der Waals surface area contributed by atoms with Gasteiger partial charge in [-0.1, -0.05) is 34.1 Å². The monoisotopic (exact) mass is 387 g/mol. The van der Waals surface area contributed by atoms with Gasteiger partial charge in [0.05, 0.1) is 0 Å². The Hall–Kier alpha value is -2.04. The summed E-state index contributed by atoms with van der Waals surface area (Å²) in [4.78, 5) is 29.2. The average Bonchev–Trinajstić information content (AvgIpc) is 2.51. The molecule has 2 amide bonds. The largest absolute Gasteiger partial charge is 0.377 e. The number of hydrogen-bond donors (Lipinski definition) is 1. The zero-order chi connectivity index (χ0) is 20.9. The zero-order valence-electron chi connectivity index (χ0n) is 18.5. The first-order valence-electron chi connectivity index (χ1n) is 10.5. The van der Waals surface area contributed by atoms with Crippen molar-refractivity contribution in [3.05, 3.63) is 23.8 Å². The van der Waals surface area contributed by atoms with Gasteiger partial charge >= 0.3 is 0 Å². The molecular weight excluding hydrogens is 350 g/mol. The van der Waals surface area contributed by atoms with Gasteiger partial charge in [-0.15, -0.1) is 0 Å². The second-order valence-electron chi connectivity index (χ2n) is 9.41. The summed E-state index contributed by atoms with van der Waals surface area (Å²) in [5.41, 5.74) is 2.92. The Balaban J connectivity index is 2.22. The number of benzene rings is 1. The standard InChI is InChI=1S/C23H37N3O2/c1-7-13-26(21(27)15-23(2,3)4)16-18-14-19(11-12-20(18)25(5)6)24-22(28)17-9-8-10-17/h11-12,14,17H,7-10,13,15-16H2,1-6H3,(H,24,28). The summed E-state index contributed by atoms with van der Waals surface area (Å²) in [6, 6.07) is 6.01. The normalized spacial score (nSPS) is 14.4. The number of hydrogen-bond acceptors (Lipinski definition) is 3. The van der Waals surface area contributed by atoms with Crippen molar-refractivity contribution in [3.63, 3.8) is 0 Å². The molecule has 0 saturated heterocycles. The molecule has 5 heteroatoms. The van der Waals surface area contributed by atoms with Crippen LogP contribution in [0.3, 0.4) is 0 Å². The summed E-state index contributed by atoms with van der Waals surface area (Å²) < 4.78 is 0. The van der Waals surface area contributed by atoms with E-state index >= 15 is 0 Å². The van der Waals surface area contributed by atoms with E-state index in [1.807, 2.05) is 37.2 Å². The van der Waals surface area contributed by atoms with Crippen LogP contribution >= 0.6 is 0 Å². The maximum absolute atomic E-state index is 12.9. The van der Waals surface area contributed by atoms with Gasteiger partial charge in [0.2, 0.25) is 11.8 Å². The second kappa shape index (κ2) is 9.44. The predicted octanol–water partition coefficient (Wildman–Crippen LogP) is 4.67. The summed E-state index contributed by atoms with van der Waals surface area (Å²) in [6.07, 6.45) is 4.57. The predicted molar refractivity (Wildman–Crippen MR) is 117 cm³/mol. The van der Waals surface area contributed by atoms with Crippen molar-refractivity contribution in [1.29, 1.82) is 0 Å². The Morgan fingerprint density at radius 1 is 1.18 bits per heavy atom. The van der Waals surface area contributed by atoms with E-state index in [1.54, 1.807) is 0 Å². The molecule has 1 N–H and O–H groups in total. The summed E-state index contributed by atoms with van der Waals surface area (Å²) in [5, 5.41) is 3.06. The molecule has 1 saturated carbocycles. The van der Waals surface area contributed by atoms with Gasteiger partial charge in [0, 0.05) is 50.9 Å². The highest BCUT2D eigenvalue weighted by Crippen LogP contribution is 2.30. The molecular formula is C23H37N3O2. The number of nitrogens with zero attached hydrogens (tertiary/aromatic N) is 2. The fourth-order valence-electron chi connectivity index (χ4n) is 3.47. The van der Waals surface area contributed by atoms with Crippen molar-refractivity contribution in [2.75, 3.05) is 30.9 Å². The fourth-order valence-corrected chi connectivity index (χ4v) is 3.47. The molecule has 1 aromatic rings.